The van der Waals surface area contributed by atoms with Gasteiger partial charge in [0.1, 0.15) is 5.75 Å². The fraction of sp³-hybridized carbons (Fsp3) is 0.214. The Labute approximate surface area is 227 Å². The Morgan fingerprint density at radius 3 is 1.71 bits per heavy atom. The summed E-state index contributed by atoms with van der Waals surface area (Å²) in [5.41, 5.74) is 6.71. The predicted molar refractivity (Wildman–Crippen MR) is 153 cm³/mol. The third kappa shape index (κ3) is 7.33. The van der Waals surface area contributed by atoms with Crippen molar-refractivity contribution in [2.75, 3.05) is 34.9 Å². The average molecular weight is 532 g/mol. The summed E-state index contributed by atoms with van der Waals surface area (Å²) >= 11 is 6.16. The van der Waals surface area contributed by atoms with Crippen molar-refractivity contribution in [1.29, 1.82) is 0 Å². The maximum absolute atomic E-state index is 12.6. The molecule has 0 aliphatic heterocycles. The second kappa shape index (κ2) is 11.8. The lowest BCUT2D eigenvalue weighted by Crippen LogP contribution is -2.23. The lowest BCUT2D eigenvalue weighted by Gasteiger charge is -2.13. The zero-order valence-corrected chi connectivity index (χ0v) is 22.7. The normalized spacial score (nSPS) is 10.6. The van der Waals surface area contributed by atoms with E-state index in [0.717, 1.165) is 33.6 Å². The monoisotopic (exact) mass is 531 g/mol. The van der Waals surface area contributed by atoms with Crippen molar-refractivity contribution < 1.29 is 9.53 Å². The summed E-state index contributed by atoms with van der Waals surface area (Å²) in [5.74, 6) is 1.14. The molecule has 0 spiro atoms. The Kier molecular flexibility index (Phi) is 8.28. The molecule has 4 aromatic rings. The highest BCUT2D eigenvalue weighted by molar-refractivity contribution is 6.32. The van der Waals surface area contributed by atoms with E-state index < -0.39 is 0 Å². The van der Waals surface area contributed by atoms with Crippen LogP contribution in [0.1, 0.15) is 22.3 Å². The van der Waals surface area contributed by atoms with E-state index in [2.05, 4.69) is 48.4 Å². The molecule has 10 heteroatoms. The van der Waals surface area contributed by atoms with Crippen LogP contribution in [0.2, 0.25) is 5.02 Å². The number of carbonyl (C=O) groups excluding carboxylic acids is 1. The summed E-state index contributed by atoms with van der Waals surface area (Å²) in [6.45, 7) is 8.04. The molecule has 0 aliphatic carbocycles. The molecule has 9 nitrogen and oxygen atoms in total. The van der Waals surface area contributed by atoms with Crippen LogP contribution >= 0.6 is 11.6 Å². The molecular formula is C28H30ClN7O2. The van der Waals surface area contributed by atoms with Crippen LogP contribution in [0.3, 0.4) is 0 Å². The van der Waals surface area contributed by atoms with Crippen molar-refractivity contribution in [1.82, 2.24) is 15.0 Å². The van der Waals surface area contributed by atoms with Crippen molar-refractivity contribution in [3.63, 3.8) is 0 Å². The zero-order chi connectivity index (χ0) is 27.2. The number of nitrogens with one attached hydrogen (secondary N) is 4. The Morgan fingerprint density at radius 2 is 1.24 bits per heavy atom. The van der Waals surface area contributed by atoms with Crippen LogP contribution < -0.4 is 26.0 Å². The standard InChI is InChI=1S/C28H30ClN7O2/c1-16-8-17(2)11-21(10-16)32-27-34-26(35-28(36-27)33-22-12-18(3)9-19(4)13-22)30-15-25(37)31-20-6-7-24(38-5)23(29)14-20/h6-14H,15H2,1-5H3,(H,31,37)(H3,30,32,33,34,35,36). The topological polar surface area (TPSA) is 113 Å². The smallest absolute Gasteiger partial charge is 0.243 e. The molecule has 1 amide bonds. The quantitative estimate of drug-likeness (QED) is 0.199. The molecule has 0 unspecified atom stereocenters. The fourth-order valence-electron chi connectivity index (χ4n) is 4.03. The van der Waals surface area contributed by atoms with Gasteiger partial charge in [-0.05, 0) is 92.4 Å². The van der Waals surface area contributed by atoms with Gasteiger partial charge in [0, 0.05) is 17.1 Å². The number of nitrogens with zero attached hydrogens (tertiary/aromatic N) is 3. The molecule has 0 saturated carbocycles. The molecule has 0 atom stereocenters. The molecule has 0 radical (unpaired) electrons. The predicted octanol–water partition coefficient (Wildman–Crippen LogP) is 6.31. The second-order valence-electron chi connectivity index (χ2n) is 9.06. The average Bonchev–Trinajstić information content (AvgIpc) is 2.81. The highest BCUT2D eigenvalue weighted by Crippen LogP contribution is 2.27. The van der Waals surface area contributed by atoms with Crippen molar-refractivity contribution >= 4 is 52.4 Å². The van der Waals surface area contributed by atoms with Gasteiger partial charge in [-0.25, -0.2) is 0 Å². The molecule has 38 heavy (non-hydrogen) atoms. The minimum atomic E-state index is -0.292. The first-order valence-electron chi connectivity index (χ1n) is 12.0. The lowest BCUT2D eigenvalue weighted by molar-refractivity contribution is -0.114. The minimum absolute atomic E-state index is 0.0698. The first-order valence-corrected chi connectivity index (χ1v) is 12.4. The van der Waals surface area contributed by atoms with E-state index in [9.17, 15) is 4.79 Å². The van der Waals surface area contributed by atoms with Gasteiger partial charge in [-0.3, -0.25) is 4.79 Å². The van der Waals surface area contributed by atoms with Crippen molar-refractivity contribution in [2.45, 2.75) is 27.7 Å². The third-order valence-electron chi connectivity index (χ3n) is 5.43. The van der Waals surface area contributed by atoms with E-state index in [-0.39, 0.29) is 18.4 Å². The molecule has 0 fully saturated rings. The van der Waals surface area contributed by atoms with Gasteiger partial charge in [-0.2, -0.15) is 15.0 Å². The van der Waals surface area contributed by atoms with Gasteiger partial charge in [-0.1, -0.05) is 23.7 Å². The van der Waals surface area contributed by atoms with Gasteiger partial charge in [-0.15, -0.1) is 0 Å². The number of aryl methyl sites for hydroxylation is 4. The largest absolute Gasteiger partial charge is 0.495 e. The summed E-state index contributed by atoms with van der Waals surface area (Å²) < 4.78 is 5.15. The van der Waals surface area contributed by atoms with Crippen LogP contribution in [0, 0.1) is 27.7 Å². The fourth-order valence-corrected chi connectivity index (χ4v) is 4.29. The molecule has 1 aromatic heterocycles. The zero-order valence-electron chi connectivity index (χ0n) is 21.9. The lowest BCUT2D eigenvalue weighted by atomic mass is 10.1. The molecule has 0 bridgehead atoms. The van der Waals surface area contributed by atoms with Gasteiger partial charge in [0.15, 0.2) is 0 Å². The molecule has 4 N–H and O–H groups in total. The Hall–Kier alpha value is -4.37. The number of rotatable bonds is 9. The highest BCUT2D eigenvalue weighted by Gasteiger charge is 2.11. The number of benzene rings is 3. The Morgan fingerprint density at radius 1 is 0.737 bits per heavy atom. The number of carbonyl (C=O) groups is 1. The molecule has 4 rings (SSSR count). The van der Waals surface area contributed by atoms with Crippen LogP contribution in [-0.4, -0.2) is 34.5 Å². The maximum Gasteiger partial charge on any atom is 0.243 e. The van der Waals surface area contributed by atoms with Crippen molar-refractivity contribution in [3.05, 3.63) is 81.9 Å². The van der Waals surface area contributed by atoms with Crippen LogP contribution in [-0.2, 0) is 4.79 Å². The number of ether oxygens (including phenoxy) is 1. The Balaban J connectivity index is 1.54. The number of aromatic nitrogens is 3. The summed E-state index contributed by atoms with van der Waals surface area (Å²) in [6.07, 6.45) is 0. The van der Waals surface area contributed by atoms with Gasteiger partial charge in [0.2, 0.25) is 23.8 Å². The van der Waals surface area contributed by atoms with Crippen LogP contribution in [0.25, 0.3) is 0 Å². The minimum Gasteiger partial charge on any atom is -0.495 e. The number of amides is 1. The first kappa shape index (κ1) is 26.7. The first-order chi connectivity index (χ1) is 18.2. The van der Waals surface area contributed by atoms with E-state index in [1.165, 1.54) is 7.11 Å². The third-order valence-corrected chi connectivity index (χ3v) is 5.73. The van der Waals surface area contributed by atoms with E-state index in [1.54, 1.807) is 18.2 Å². The summed E-state index contributed by atoms with van der Waals surface area (Å²) in [7, 11) is 1.53. The Bertz CT molecular complexity index is 1360. The summed E-state index contributed by atoms with van der Waals surface area (Å²) in [5, 5.41) is 12.7. The van der Waals surface area contributed by atoms with E-state index in [4.69, 9.17) is 16.3 Å². The van der Waals surface area contributed by atoms with Crippen molar-refractivity contribution in [2.24, 2.45) is 0 Å². The molecule has 0 saturated heterocycles. The van der Waals surface area contributed by atoms with E-state index in [1.807, 2.05) is 52.0 Å². The number of anilines is 6. The SMILES string of the molecule is COc1ccc(NC(=O)CNc2nc(Nc3cc(C)cc(C)c3)nc(Nc3cc(C)cc(C)c3)n2)cc1Cl. The number of halogens is 1. The van der Waals surface area contributed by atoms with Gasteiger partial charge in [0.25, 0.3) is 0 Å². The molecule has 3 aromatic carbocycles. The highest BCUT2D eigenvalue weighted by atomic mass is 35.5. The van der Waals surface area contributed by atoms with Crippen LogP contribution in [0.15, 0.2) is 54.6 Å². The maximum atomic E-state index is 12.6. The van der Waals surface area contributed by atoms with Gasteiger partial charge >= 0.3 is 0 Å². The second-order valence-corrected chi connectivity index (χ2v) is 9.47. The number of methoxy groups -OCH3 is 1. The number of hydrogen-bond donors (Lipinski definition) is 4. The molecule has 1 heterocycles. The van der Waals surface area contributed by atoms with Gasteiger partial charge < -0.3 is 26.0 Å². The van der Waals surface area contributed by atoms with Gasteiger partial charge in [0.05, 0.1) is 18.7 Å². The van der Waals surface area contributed by atoms with Crippen LogP contribution in [0.5, 0.6) is 5.75 Å². The number of hydrogen-bond acceptors (Lipinski definition) is 8. The summed E-state index contributed by atoms with van der Waals surface area (Å²) in [4.78, 5) is 26.1. The van der Waals surface area contributed by atoms with E-state index in [0.29, 0.717) is 28.4 Å². The molecule has 0 aliphatic rings. The molecule has 196 valence electrons. The molecular weight excluding hydrogens is 502 g/mol. The van der Waals surface area contributed by atoms with Crippen molar-refractivity contribution in [3.8, 4) is 5.75 Å². The van der Waals surface area contributed by atoms with E-state index >= 15 is 0 Å². The summed E-state index contributed by atoms with van der Waals surface area (Å²) in [6, 6.07) is 17.2. The van der Waals surface area contributed by atoms with Crippen LogP contribution in [0.4, 0.5) is 34.9 Å².